The summed E-state index contributed by atoms with van der Waals surface area (Å²) in [6.45, 7) is 0.402. The highest BCUT2D eigenvalue weighted by Gasteiger charge is 2.17. The predicted molar refractivity (Wildman–Crippen MR) is 76.8 cm³/mol. The minimum atomic E-state index is -0.164. The van der Waals surface area contributed by atoms with E-state index in [0.29, 0.717) is 0 Å². The molecule has 0 spiro atoms. The highest BCUT2D eigenvalue weighted by atomic mass is 16.3. The Labute approximate surface area is 118 Å². The summed E-state index contributed by atoms with van der Waals surface area (Å²) < 4.78 is 5.44. The lowest BCUT2D eigenvalue weighted by molar-refractivity contribution is -0.120. The van der Waals surface area contributed by atoms with E-state index >= 15 is 0 Å². The number of furan rings is 1. The molecule has 2 rings (SSSR count). The number of terminal acetylenes is 1. The molecule has 1 atom stereocenters. The first-order chi connectivity index (χ1) is 9.81. The van der Waals surface area contributed by atoms with E-state index in [-0.39, 0.29) is 25.0 Å². The molecule has 1 heterocycles. The van der Waals surface area contributed by atoms with E-state index in [2.05, 4.69) is 16.6 Å². The number of nitrogens with one attached hydrogen (secondary N) is 2. The number of carbonyl (C=O) groups excluding carboxylic acids is 1. The summed E-state index contributed by atoms with van der Waals surface area (Å²) in [6.07, 6.45) is 6.72. The Morgan fingerprint density at radius 3 is 2.70 bits per heavy atom. The second kappa shape index (κ2) is 7.17. The Morgan fingerprint density at radius 1 is 1.25 bits per heavy atom. The zero-order chi connectivity index (χ0) is 14.2. The maximum Gasteiger partial charge on any atom is 0.234 e. The average Bonchev–Trinajstić information content (AvgIpc) is 3.00. The molecule has 20 heavy (non-hydrogen) atoms. The summed E-state index contributed by atoms with van der Waals surface area (Å²) in [6, 6.07) is 13.4. The van der Waals surface area contributed by atoms with E-state index in [1.54, 1.807) is 6.26 Å². The largest absolute Gasteiger partial charge is 0.467 e. The minimum absolute atomic E-state index is 0.143. The molecule has 0 bridgehead atoms. The van der Waals surface area contributed by atoms with Crippen LogP contribution in [0.4, 0.5) is 0 Å². The van der Waals surface area contributed by atoms with Gasteiger partial charge in [0.25, 0.3) is 0 Å². The average molecular weight is 268 g/mol. The first-order valence-electron chi connectivity index (χ1n) is 6.33. The van der Waals surface area contributed by atoms with Gasteiger partial charge < -0.3 is 9.73 Å². The highest BCUT2D eigenvalue weighted by molar-refractivity contribution is 5.78. The van der Waals surface area contributed by atoms with Crippen molar-refractivity contribution in [3.05, 3.63) is 60.1 Å². The Hall–Kier alpha value is -2.51. The summed E-state index contributed by atoms with van der Waals surface area (Å²) in [5, 5.41) is 5.79. The van der Waals surface area contributed by atoms with Crippen molar-refractivity contribution in [1.82, 2.24) is 10.6 Å². The molecular formula is C16H16N2O2. The summed E-state index contributed by atoms with van der Waals surface area (Å²) in [4.78, 5) is 11.6. The Morgan fingerprint density at radius 2 is 2.05 bits per heavy atom. The van der Waals surface area contributed by atoms with Crippen LogP contribution in [0.25, 0.3) is 0 Å². The Bertz CT molecular complexity index is 570. The van der Waals surface area contributed by atoms with Gasteiger partial charge in [0.05, 0.1) is 25.4 Å². The van der Waals surface area contributed by atoms with Crippen molar-refractivity contribution in [1.29, 1.82) is 0 Å². The normalized spacial score (nSPS) is 11.6. The van der Waals surface area contributed by atoms with Crippen LogP contribution in [0.3, 0.4) is 0 Å². The van der Waals surface area contributed by atoms with Crippen LogP contribution in [0.15, 0.2) is 53.1 Å². The van der Waals surface area contributed by atoms with E-state index in [4.69, 9.17) is 10.8 Å². The third-order valence-corrected chi connectivity index (χ3v) is 2.81. The fourth-order valence-electron chi connectivity index (χ4n) is 1.89. The van der Waals surface area contributed by atoms with Gasteiger partial charge in [0.1, 0.15) is 5.76 Å². The van der Waals surface area contributed by atoms with Gasteiger partial charge in [-0.3, -0.25) is 10.1 Å². The monoisotopic (exact) mass is 268 g/mol. The number of hydrogen-bond acceptors (Lipinski definition) is 3. The lowest BCUT2D eigenvalue weighted by Gasteiger charge is -2.16. The Kier molecular flexibility index (Phi) is 4.99. The molecule has 102 valence electrons. The van der Waals surface area contributed by atoms with Gasteiger partial charge in [-0.05, 0) is 17.7 Å². The smallest absolute Gasteiger partial charge is 0.234 e. The Balaban J connectivity index is 2.05. The third kappa shape index (κ3) is 3.74. The van der Waals surface area contributed by atoms with Gasteiger partial charge in [0, 0.05) is 0 Å². The van der Waals surface area contributed by atoms with Gasteiger partial charge in [-0.15, -0.1) is 6.42 Å². The molecule has 0 aliphatic carbocycles. The molecule has 4 heteroatoms. The van der Waals surface area contributed by atoms with Crippen LogP contribution >= 0.6 is 0 Å². The van der Waals surface area contributed by atoms with Crippen LogP contribution in [0, 0.1) is 12.3 Å². The molecule has 4 nitrogen and oxygen atoms in total. The summed E-state index contributed by atoms with van der Waals surface area (Å²) >= 11 is 0. The zero-order valence-electron chi connectivity index (χ0n) is 11.0. The van der Waals surface area contributed by atoms with Crippen molar-refractivity contribution in [3.8, 4) is 12.3 Å². The van der Waals surface area contributed by atoms with Gasteiger partial charge in [-0.2, -0.15) is 0 Å². The number of rotatable bonds is 6. The molecule has 0 fully saturated rings. The van der Waals surface area contributed by atoms with Gasteiger partial charge in [-0.1, -0.05) is 36.3 Å². The van der Waals surface area contributed by atoms with Crippen molar-refractivity contribution in [2.75, 3.05) is 13.1 Å². The number of hydrogen-bond donors (Lipinski definition) is 2. The number of benzene rings is 1. The van der Waals surface area contributed by atoms with Gasteiger partial charge in [0.2, 0.25) is 5.91 Å². The molecule has 2 aromatic rings. The van der Waals surface area contributed by atoms with Crippen molar-refractivity contribution < 1.29 is 9.21 Å². The molecule has 0 unspecified atom stereocenters. The van der Waals surface area contributed by atoms with Crippen LogP contribution in [-0.2, 0) is 4.79 Å². The SMILES string of the molecule is C#CCNC(=O)CN[C@H](c1ccccc1)c1ccco1. The molecule has 0 aliphatic rings. The second-order valence-electron chi connectivity index (χ2n) is 4.22. The quantitative estimate of drug-likeness (QED) is 0.784. The highest BCUT2D eigenvalue weighted by Crippen LogP contribution is 2.21. The minimum Gasteiger partial charge on any atom is -0.467 e. The van der Waals surface area contributed by atoms with Gasteiger partial charge >= 0.3 is 0 Å². The molecule has 1 aromatic carbocycles. The first-order valence-corrected chi connectivity index (χ1v) is 6.33. The summed E-state index contributed by atoms with van der Waals surface area (Å²) in [7, 11) is 0. The second-order valence-corrected chi connectivity index (χ2v) is 4.22. The molecule has 0 saturated heterocycles. The molecule has 1 amide bonds. The van der Waals surface area contributed by atoms with Crippen LogP contribution < -0.4 is 10.6 Å². The van der Waals surface area contributed by atoms with Crippen LogP contribution in [-0.4, -0.2) is 19.0 Å². The van der Waals surface area contributed by atoms with E-state index in [9.17, 15) is 4.79 Å². The van der Waals surface area contributed by atoms with Crippen molar-refractivity contribution in [3.63, 3.8) is 0 Å². The molecular weight excluding hydrogens is 252 g/mol. The zero-order valence-corrected chi connectivity index (χ0v) is 11.0. The van der Waals surface area contributed by atoms with Crippen molar-refractivity contribution in [2.45, 2.75) is 6.04 Å². The summed E-state index contributed by atoms with van der Waals surface area (Å²) in [5.41, 5.74) is 1.03. The maximum absolute atomic E-state index is 11.6. The van der Waals surface area contributed by atoms with Crippen molar-refractivity contribution >= 4 is 5.91 Å². The lowest BCUT2D eigenvalue weighted by Crippen LogP contribution is -2.36. The topological polar surface area (TPSA) is 54.3 Å². The van der Waals surface area contributed by atoms with Crippen LogP contribution in [0.2, 0.25) is 0 Å². The van der Waals surface area contributed by atoms with Gasteiger partial charge in [-0.25, -0.2) is 0 Å². The fourth-order valence-corrected chi connectivity index (χ4v) is 1.89. The first kappa shape index (κ1) is 13.9. The lowest BCUT2D eigenvalue weighted by atomic mass is 10.0. The van der Waals surface area contributed by atoms with Crippen molar-refractivity contribution in [2.24, 2.45) is 0 Å². The standard InChI is InChI=1S/C16H16N2O2/c1-2-10-17-15(19)12-18-16(14-9-6-11-20-14)13-7-4-3-5-8-13/h1,3-9,11,16,18H,10,12H2,(H,17,19)/t16-/m1/s1. The van der Waals surface area contributed by atoms with E-state index in [0.717, 1.165) is 11.3 Å². The molecule has 0 radical (unpaired) electrons. The van der Waals surface area contributed by atoms with E-state index in [1.165, 1.54) is 0 Å². The molecule has 0 saturated carbocycles. The van der Waals surface area contributed by atoms with E-state index in [1.807, 2.05) is 42.5 Å². The predicted octanol–water partition coefficient (Wildman–Crippen LogP) is 1.71. The number of amides is 1. The van der Waals surface area contributed by atoms with Crippen LogP contribution in [0.5, 0.6) is 0 Å². The summed E-state index contributed by atoms with van der Waals surface area (Å²) in [5.74, 6) is 2.99. The molecule has 0 aliphatic heterocycles. The van der Waals surface area contributed by atoms with Gasteiger partial charge in [0.15, 0.2) is 0 Å². The number of carbonyl (C=O) groups is 1. The van der Waals surface area contributed by atoms with Crippen LogP contribution in [0.1, 0.15) is 17.4 Å². The fraction of sp³-hybridized carbons (Fsp3) is 0.188. The molecule has 1 aromatic heterocycles. The third-order valence-electron chi connectivity index (χ3n) is 2.81. The van der Waals surface area contributed by atoms with E-state index < -0.39 is 0 Å². The molecule has 2 N–H and O–H groups in total. The maximum atomic E-state index is 11.6.